The van der Waals surface area contributed by atoms with Crippen LogP contribution in [-0.2, 0) is 9.47 Å². The topological polar surface area (TPSA) is 86.9 Å². The first-order valence-electron chi connectivity index (χ1n) is 15.4. The number of aromatic amines is 1. The summed E-state index contributed by atoms with van der Waals surface area (Å²) < 4.78 is 11.1. The smallest absolute Gasteiger partial charge is 0.410 e. The van der Waals surface area contributed by atoms with Crippen molar-refractivity contribution in [2.45, 2.75) is 82.4 Å². The highest BCUT2D eigenvalue weighted by Gasteiger charge is 2.34. The van der Waals surface area contributed by atoms with Crippen LogP contribution in [0.4, 0.5) is 10.5 Å². The lowest BCUT2D eigenvalue weighted by Crippen LogP contribution is -2.53. The second kappa shape index (κ2) is 13.3. The number of carbonyl (C=O) groups excluding carboxylic acids is 1. The van der Waals surface area contributed by atoms with E-state index in [1.165, 1.54) is 19.6 Å². The van der Waals surface area contributed by atoms with Gasteiger partial charge in [-0.2, -0.15) is 0 Å². The number of nitrogens with one attached hydrogen (secondary N) is 2. The third kappa shape index (κ3) is 7.64. The number of hydrogen-bond acceptors (Lipinski definition) is 8. The van der Waals surface area contributed by atoms with E-state index in [-0.39, 0.29) is 17.7 Å². The molecule has 0 bridgehead atoms. The third-order valence-corrected chi connectivity index (χ3v) is 11.4. The Labute approximate surface area is 264 Å². The lowest BCUT2D eigenvalue weighted by atomic mass is 9.91. The SMILES string of the molecule is CC1=C(C(C)[C@H](C)NC2CCN(C(=O)OC(C)(C)C)C[C@H]2C)Sc2cccc(-c3cc(N4CCOCC4)cc(=O)[nH]3)c2S1. The molecule has 3 aliphatic heterocycles. The number of thioether (sulfide) groups is 2. The molecule has 3 aliphatic rings. The maximum absolute atomic E-state index is 12.7. The molecule has 0 saturated carbocycles. The predicted molar refractivity (Wildman–Crippen MR) is 177 cm³/mol. The van der Waals surface area contributed by atoms with Gasteiger partial charge in [0.05, 0.1) is 18.9 Å². The molecular formula is C33H46N4O4S2. The molecule has 4 atom stereocenters. The van der Waals surface area contributed by atoms with E-state index in [2.05, 4.69) is 67.2 Å². The van der Waals surface area contributed by atoms with E-state index in [1.807, 2.05) is 37.4 Å². The third-order valence-electron chi connectivity index (χ3n) is 8.49. The molecule has 5 rings (SSSR count). The minimum atomic E-state index is -0.482. The molecule has 2 N–H and O–H groups in total. The number of pyridine rings is 1. The quantitative estimate of drug-likeness (QED) is 0.373. The van der Waals surface area contributed by atoms with Gasteiger partial charge in [-0.05, 0) is 64.0 Å². The van der Waals surface area contributed by atoms with Crippen molar-refractivity contribution < 1.29 is 14.3 Å². The molecule has 43 heavy (non-hydrogen) atoms. The van der Waals surface area contributed by atoms with Crippen LogP contribution in [0.1, 0.15) is 54.9 Å². The zero-order valence-electron chi connectivity index (χ0n) is 26.5. The first-order chi connectivity index (χ1) is 20.4. The summed E-state index contributed by atoms with van der Waals surface area (Å²) >= 11 is 3.66. The average molecular weight is 627 g/mol. The van der Waals surface area contributed by atoms with Gasteiger partial charge in [-0.25, -0.2) is 4.79 Å². The van der Waals surface area contributed by atoms with Gasteiger partial charge < -0.3 is 29.6 Å². The molecule has 2 fully saturated rings. The Hall–Kier alpha value is -2.40. The number of aromatic nitrogens is 1. The Morgan fingerprint density at radius 2 is 1.88 bits per heavy atom. The largest absolute Gasteiger partial charge is 0.444 e. The fourth-order valence-corrected chi connectivity index (χ4v) is 8.66. The van der Waals surface area contributed by atoms with Gasteiger partial charge >= 0.3 is 6.09 Å². The van der Waals surface area contributed by atoms with E-state index in [0.29, 0.717) is 44.2 Å². The van der Waals surface area contributed by atoms with Crippen molar-refractivity contribution in [2.24, 2.45) is 11.8 Å². The predicted octanol–water partition coefficient (Wildman–Crippen LogP) is 6.57. The highest BCUT2D eigenvalue weighted by molar-refractivity contribution is 8.09. The highest BCUT2D eigenvalue weighted by Crippen LogP contribution is 2.52. The number of fused-ring (bicyclic) bond motifs is 1. The van der Waals surface area contributed by atoms with Crippen molar-refractivity contribution >= 4 is 35.3 Å². The Balaban J connectivity index is 1.27. The molecule has 10 heteroatoms. The summed E-state index contributed by atoms with van der Waals surface area (Å²) in [7, 11) is 0. The number of anilines is 1. The molecule has 8 nitrogen and oxygen atoms in total. The summed E-state index contributed by atoms with van der Waals surface area (Å²) in [6, 6.07) is 10.8. The van der Waals surface area contributed by atoms with Crippen LogP contribution >= 0.6 is 23.5 Å². The van der Waals surface area contributed by atoms with Crippen molar-refractivity contribution in [3.63, 3.8) is 0 Å². The molecule has 1 amide bonds. The van der Waals surface area contributed by atoms with Crippen LogP contribution in [-0.4, -0.2) is 73.1 Å². The van der Waals surface area contributed by atoms with Crippen LogP contribution < -0.4 is 15.8 Å². The molecule has 0 aliphatic carbocycles. The number of piperidine rings is 1. The summed E-state index contributed by atoms with van der Waals surface area (Å²) in [5.41, 5.74) is 2.29. The Morgan fingerprint density at radius 1 is 1.14 bits per heavy atom. The van der Waals surface area contributed by atoms with Gasteiger partial charge in [0.15, 0.2) is 0 Å². The molecule has 2 aromatic rings. The number of ether oxygens (including phenoxy) is 2. The normalized spacial score (nSPS) is 22.7. The van der Waals surface area contributed by atoms with E-state index in [0.717, 1.165) is 36.5 Å². The van der Waals surface area contributed by atoms with Gasteiger partial charge in [0.1, 0.15) is 5.60 Å². The molecule has 4 heterocycles. The molecule has 1 aromatic heterocycles. The standard InChI is InChI=1S/C33H46N4O4S2/c1-20-19-37(32(39)41-33(5,6)7)12-11-26(20)34-22(3)21(2)30-23(4)42-31-25(9-8-10-28(31)43-30)27-17-24(18-29(38)35-27)36-13-15-40-16-14-36/h8-10,17-18,20-22,26,34H,11-16,19H2,1-7H3,(H,35,38)/t20-,21?,22+,26?/m1/s1. The first kappa shape index (κ1) is 32.0. The fraction of sp³-hybridized carbons (Fsp3) is 0.576. The first-order valence-corrected chi connectivity index (χ1v) is 17.0. The highest BCUT2D eigenvalue weighted by atomic mass is 32.2. The molecule has 0 spiro atoms. The minimum absolute atomic E-state index is 0.0855. The molecule has 2 saturated heterocycles. The van der Waals surface area contributed by atoms with Crippen LogP contribution in [0, 0.1) is 11.8 Å². The number of nitrogens with zero attached hydrogens (tertiary/aromatic N) is 2. The number of H-pyrrole nitrogens is 1. The summed E-state index contributed by atoms with van der Waals surface area (Å²) in [4.78, 5) is 37.6. The number of carbonyl (C=O) groups is 1. The molecular weight excluding hydrogens is 581 g/mol. The molecule has 1 aromatic carbocycles. The maximum atomic E-state index is 12.7. The average Bonchev–Trinajstić information content (AvgIpc) is 2.96. The Morgan fingerprint density at radius 3 is 2.58 bits per heavy atom. The number of benzene rings is 1. The summed E-state index contributed by atoms with van der Waals surface area (Å²) in [5.74, 6) is 0.646. The van der Waals surface area contributed by atoms with Crippen molar-refractivity contribution in [2.75, 3.05) is 44.3 Å². The number of allylic oxidation sites excluding steroid dienone is 1. The lowest BCUT2D eigenvalue weighted by Gasteiger charge is -2.40. The Kier molecular flexibility index (Phi) is 9.90. The van der Waals surface area contributed by atoms with Gasteiger partial charge in [0.2, 0.25) is 5.56 Å². The van der Waals surface area contributed by atoms with Gasteiger partial charge in [-0.1, -0.05) is 49.5 Å². The van der Waals surface area contributed by atoms with Gasteiger partial charge in [0.25, 0.3) is 0 Å². The maximum Gasteiger partial charge on any atom is 0.410 e. The lowest BCUT2D eigenvalue weighted by molar-refractivity contribution is 0.0138. The van der Waals surface area contributed by atoms with E-state index < -0.39 is 5.60 Å². The van der Waals surface area contributed by atoms with Crippen LogP contribution in [0.2, 0.25) is 0 Å². The van der Waals surface area contributed by atoms with Crippen molar-refractivity contribution in [3.05, 3.63) is 50.5 Å². The number of hydrogen-bond donors (Lipinski definition) is 2. The second-order valence-electron chi connectivity index (χ2n) is 13.0. The summed E-state index contributed by atoms with van der Waals surface area (Å²) in [5, 5.41) is 3.91. The van der Waals surface area contributed by atoms with Crippen LogP contribution in [0.25, 0.3) is 11.3 Å². The number of amides is 1. The van der Waals surface area contributed by atoms with Crippen LogP contribution in [0.5, 0.6) is 0 Å². The molecule has 234 valence electrons. The Bertz CT molecular complexity index is 1410. The van der Waals surface area contributed by atoms with Crippen LogP contribution in [0.15, 0.2) is 54.7 Å². The number of likely N-dealkylation sites (tertiary alicyclic amines) is 1. The van der Waals surface area contributed by atoms with E-state index in [1.54, 1.807) is 17.8 Å². The van der Waals surface area contributed by atoms with Gasteiger partial charge in [-0.15, -0.1) is 0 Å². The van der Waals surface area contributed by atoms with E-state index in [9.17, 15) is 9.59 Å². The number of rotatable bonds is 6. The zero-order chi connectivity index (χ0) is 30.9. The zero-order valence-corrected chi connectivity index (χ0v) is 28.1. The summed E-state index contributed by atoms with van der Waals surface area (Å²) in [6.45, 7) is 19.1. The van der Waals surface area contributed by atoms with Gasteiger partial charge in [0, 0.05) is 76.2 Å². The molecule has 2 unspecified atom stereocenters. The number of morpholine rings is 1. The van der Waals surface area contributed by atoms with Crippen molar-refractivity contribution in [3.8, 4) is 11.3 Å². The van der Waals surface area contributed by atoms with E-state index >= 15 is 0 Å². The van der Waals surface area contributed by atoms with Gasteiger partial charge in [-0.3, -0.25) is 4.79 Å². The van der Waals surface area contributed by atoms with Crippen LogP contribution in [0.3, 0.4) is 0 Å². The monoisotopic (exact) mass is 626 g/mol. The minimum Gasteiger partial charge on any atom is -0.444 e. The van der Waals surface area contributed by atoms with E-state index in [4.69, 9.17) is 9.47 Å². The fourth-order valence-electron chi connectivity index (χ4n) is 5.99. The van der Waals surface area contributed by atoms with Crippen molar-refractivity contribution in [1.82, 2.24) is 15.2 Å². The second-order valence-corrected chi connectivity index (χ2v) is 15.3. The summed E-state index contributed by atoms with van der Waals surface area (Å²) in [6.07, 6.45) is 0.691. The molecule has 0 radical (unpaired) electrons. The van der Waals surface area contributed by atoms with Crippen molar-refractivity contribution in [1.29, 1.82) is 0 Å².